The van der Waals surface area contributed by atoms with Crippen molar-refractivity contribution in [3.8, 4) is 5.75 Å². The molecular weight excluding hydrogens is 342 g/mol. The summed E-state index contributed by atoms with van der Waals surface area (Å²) in [6.07, 6.45) is 0.728. The van der Waals surface area contributed by atoms with Gasteiger partial charge < -0.3 is 10.4 Å². The molecule has 0 radical (unpaired) electrons. The molecule has 20 heavy (non-hydrogen) atoms. The molecule has 0 aliphatic carbocycles. The summed E-state index contributed by atoms with van der Waals surface area (Å²) in [5, 5.41) is 13.0. The Morgan fingerprint density at radius 2 is 1.90 bits per heavy atom. The number of carbonyl (C=O) groups excluding carboxylic acids is 1. The first-order valence-corrected chi connectivity index (χ1v) is 7.24. The highest BCUT2D eigenvalue weighted by atomic mass is 79.9. The van der Waals surface area contributed by atoms with E-state index in [0.29, 0.717) is 21.6 Å². The van der Waals surface area contributed by atoms with E-state index in [4.69, 9.17) is 11.6 Å². The van der Waals surface area contributed by atoms with E-state index < -0.39 is 0 Å². The van der Waals surface area contributed by atoms with Crippen LogP contribution < -0.4 is 5.32 Å². The number of carbonyl (C=O) groups is 1. The van der Waals surface area contributed by atoms with E-state index in [1.165, 1.54) is 6.07 Å². The predicted octanol–water partition coefficient (Wildman–Crippen LogP) is 3.78. The van der Waals surface area contributed by atoms with E-state index in [1.54, 1.807) is 12.1 Å². The molecule has 0 saturated carbocycles. The second-order valence-electron chi connectivity index (χ2n) is 4.30. The van der Waals surface area contributed by atoms with Crippen LogP contribution in [-0.2, 0) is 6.42 Å². The fourth-order valence-electron chi connectivity index (χ4n) is 1.73. The van der Waals surface area contributed by atoms with Crippen molar-refractivity contribution in [1.29, 1.82) is 0 Å². The van der Waals surface area contributed by atoms with Crippen LogP contribution in [0.3, 0.4) is 0 Å². The molecule has 0 fully saturated rings. The van der Waals surface area contributed by atoms with Crippen LogP contribution in [0.2, 0.25) is 5.02 Å². The quantitative estimate of drug-likeness (QED) is 0.878. The Morgan fingerprint density at radius 1 is 1.20 bits per heavy atom. The van der Waals surface area contributed by atoms with Gasteiger partial charge in [-0.1, -0.05) is 23.7 Å². The van der Waals surface area contributed by atoms with E-state index in [9.17, 15) is 9.90 Å². The van der Waals surface area contributed by atoms with E-state index >= 15 is 0 Å². The highest BCUT2D eigenvalue weighted by molar-refractivity contribution is 9.10. The molecular formula is C15H13BrClNO2. The van der Waals surface area contributed by atoms with Crippen LogP contribution in [0.1, 0.15) is 15.9 Å². The van der Waals surface area contributed by atoms with Crippen molar-refractivity contribution >= 4 is 33.4 Å². The molecule has 2 aromatic carbocycles. The lowest BCUT2D eigenvalue weighted by molar-refractivity contribution is 0.0953. The van der Waals surface area contributed by atoms with Crippen molar-refractivity contribution in [3.63, 3.8) is 0 Å². The summed E-state index contributed by atoms with van der Waals surface area (Å²) < 4.78 is 0.565. The van der Waals surface area contributed by atoms with Crippen LogP contribution in [0, 0.1) is 0 Å². The maximum absolute atomic E-state index is 11.9. The second kappa shape index (κ2) is 6.77. The van der Waals surface area contributed by atoms with Gasteiger partial charge in [-0.25, -0.2) is 0 Å². The molecule has 1 amide bonds. The van der Waals surface area contributed by atoms with Crippen molar-refractivity contribution in [3.05, 3.63) is 63.1 Å². The fraction of sp³-hybridized carbons (Fsp3) is 0.133. The number of halogens is 2. The van der Waals surface area contributed by atoms with Crippen molar-refractivity contribution in [2.45, 2.75) is 6.42 Å². The first kappa shape index (κ1) is 14.9. The van der Waals surface area contributed by atoms with Gasteiger partial charge in [-0.2, -0.15) is 0 Å². The van der Waals surface area contributed by atoms with Gasteiger partial charge in [-0.05, 0) is 58.2 Å². The molecule has 5 heteroatoms. The molecule has 0 saturated heterocycles. The molecule has 2 N–H and O–H groups in total. The molecule has 104 valence electrons. The molecule has 2 aromatic rings. The van der Waals surface area contributed by atoms with Gasteiger partial charge >= 0.3 is 0 Å². The maximum atomic E-state index is 11.9. The number of nitrogens with one attached hydrogen (secondary N) is 1. The molecule has 0 spiro atoms. The smallest absolute Gasteiger partial charge is 0.251 e. The first-order valence-electron chi connectivity index (χ1n) is 6.07. The van der Waals surface area contributed by atoms with Crippen LogP contribution in [-0.4, -0.2) is 17.6 Å². The number of aromatic hydroxyl groups is 1. The third-order valence-corrected chi connectivity index (χ3v) is 3.74. The number of phenols is 1. The lowest BCUT2D eigenvalue weighted by Gasteiger charge is -2.06. The van der Waals surface area contributed by atoms with Crippen molar-refractivity contribution in [2.24, 2.45) is 0 Å². The normalized spacial score (nSPS) is 10.3. The van der Waals surface area contributed by atoms with Gasteiger partial charge in [0.25, 0.3) is 5.91 Å². The molecule has 0 aliphatic rings. The number of amides is 1. The van der Waals surface area contributed by atoms with Gasteiger partial charge in [0.05, 0.1) is 4.47 Å². The SMILES string of the molecule is O=C(NCCc1ccc(Cl)cc1)c1ccc(Br)c(O)c1. The minimum Gasteiger partial charge on any atom is -0.507 e. The van der Waals surface area contributed by atoms with Gasteiger partial charge in [-0.15, -0.1) is 0 Å². The Hall–Kier alpha value is -1.52. The minimum atomic E-state index is -0.207. The zero-order valence-corrected chi connectivity index (χ0v) is 12.9. The summed E-state index contributed by atoms with van der Waals surface area (Å²) in [4.78, 5) is 11.9. The Kier molecular flexibility index (Phi) is 5.04. The third-order valence-electron chi connectivity index (χ3n) is 2.82. The fourth-order valence-corrected chi connectivity index (χ4v) is 2.10. The highest BCUT2D eigenvalue weighted by Gasteiger charge is 2.07. The summed E-state index contributed by atoms with van der Waals surface area (Å²) in [6.45, 7) is 0.525. The summed E-state index contributed by atoms with van der Waals surface area (Å²) >= 11 is 8.98. The Labute approximate surface area is 130 Å². The van der Waals surface area contributed by atoms with Crippen LogP contribution >= 0.6 is 27.5 Å². The van der Waals surface area contributed by atoms with Crippen molar-refractivity contribution in [2.75, 3.05) is 6.54 Å². The third kappa shape index (κ3) is 3.99. The Balaban J connectivity index is 1.88. The lowest BCUT2D eigenvalue weighted by atomic mass is 10.1. The van der Waals surface area contributed by atoms with E-state index in [-0.39, 0.29) is 11.7 Å². The number of hydrogen-bond acceptors (Lipinski definition) is 2. The summed E-state index contributed by atoms with van der Waals surface area (Å²) in [6, 6.07) is 12.2. The highest BCUT2D eigenvalue weighted by Crippen LogP contribution is 2.24. The first-order chi connectivity index (χ1) is 9.56. The summed E-state index contributed by atoms with van der Waals surface area (Å²) in [7, 11) is 0. The van der Waals surface area contributed by atoms with E-state index in [2.05, 4.69) is 21.2 Å². The number of phenolic OH excluding ortho intramolecular Hbond substituents is 1. The average molecular weight is 355 g/mol. The standard InChI is InChI=1S/C15H13BrClNO2/c16-13-6-3-11(9-14(13)19)15(20)18-8-7-10-1-4-12(17)5-2-10/h1-6,9,19H,7-8H2,(H,18,20). The number of hydrogen-bond donors (Lipinski definition) is 2. The number of rotatable bonds is 4. The van der Waals surface area contributed by atoms with Gasteiger partial charge in [0.2, 0.25) is 0 Å². The Bertz CT molecular complexity index is 614. The monoisotopic (exact) mass is 353 g/mol. The molecule has 0 heterocycles. The van der Waals surface area contributed by atoms with Crippen LogP contribution in [0.15, 0.2) is 46.9 Å². The number of benzene rings is 2. The predicted molar refractivity (Wildman–Crippen MR) is 83.3 cm³/mol. The molecule has 3 nitrogen and oxygen atoms in total. The lowest BCUT2D eigenvalue weighted by Crippen LogP contribution is -2.25. The van der Waals surface area contributed by atoms with Gasteiger partial charge in [0.15, 0.2) is 0 Å². The molecule has 0 bridgehead atoms. The van der Waals surface area contributed by atoms with Gasteiger partial charge in [0.1, 0.15) is 5.75 Å². The Morgan fingerprint density at radius 3 is 2.55 bits per heavy atom. The van der Waals surface area contributed by atoms with Gasteiger partial charge in [0, 0.05) is 17.1 Å². The van der Waals surface area contributed by atoms with Crippen molar-refractivity contribution in [1.82, 2.24) is 5.32 Å². The van der Waals surface area contributed by atoms with Crippen LogP contribution in [0.5, 0.6) is 5.75 Å². The van der Waals surface area contributed by atoms with E-state index in [1.807, 2.05) is 24.3 Å². The van der Waals surface area contributed by atoms with Crippen molar-refractivity contribution < 1.29 is 9.90 Å². The van der Waals surface area contributed by atoms with Crippen LogP contribution in [0.25, 0.3) is 0 Å². The average Bonchev–Trinajstić information content (AvgIpc) is 2.44. The summed E-state index contributed by atoms with van der Waals surface area (Å²) in [5.41, 5.74) is 1.54. The summed E-state index contributed by atoms with van der Waals surface area (Å²) in [5.74, 6) is -0.155. The molecule has 0 aliphatic heterocycles. The topological polar surface area (TPSA) is 49.3 Å². The zero-order chi connectivity index (χ0) is 14.5. The maximum Gasteiger partial charge on any atom is 0.251 e. The minimum absolute atomic E-state index is 0.0513. The zero-order valence-electron chi connectivity index (χ0n) is 10.6. The largest absolute Gasteiger partial charge is 0.507 e. The molecule has 0 aromatic heterocycles. The molecule has 0 atom stereocenters. The second-order valence-corrected chi connectivity index (χ2v) is 5.59. The molecule has 0 unspecified atom stereocenters. The molecule has 2 rings (SSSR count). The van der Waals surface area contributed by atoms with E-state index in [0.717, 1.165) is 12.0 Å². The van der Waals surface area contributed by atoms with Crippen LogP contribution in [0.4, 0.5) is 0 Å². The van der Waals surface area contributed by atoms with Gasteiger partial charge in [-0.3, -0.25) is 4.79 Å².